The quantitative estimate of drug-likeness (QED) is 0.836. The lowest BCUT2D eigenvalue weighted by atomic mass is 9.70. The number of hydrogen-bond acceptors (Lipinski definition) is 2. The molecule has 1 heterocycles. The number of aromatic nitrogens is 2. The SMILES string of the molecule is CC1(Cn2cc(I)c(=O)[nH]c2=O)CCC1. The topological polar surface area (TPSA) is 54.9 Å². The average Bonchev–Trinajstić information content (AvgIpc) is 2.11. The van der Waals surface area contributed by atoms with Crippen molar-refractivity contribution < 1.29 is 0 Å². The average molecular weight is 320 g/mol. The molecule has 5 heteroatoms. The van der Waals surface area contributed by atoms with Gasteiger partial charge in [0.15, 0.2) is 0 Å². The minimum atomic E-state index is -0.298. The van der Waals surface area contributed by atoms with Crippen LogP contribution < -0.4 is 11.2 Å². The maximum atomic E-state index is 11.5. The molecular weight excluding hydrogens is 307 g/mol. The minimum Gasteiger partial charge on any atom is -0.299 e. The van der Waals surface area contributed by atoms with Gasteiger partial charge in [0, 0.05) is 12.7 Å². The molecule has 4 nitrogen and oxygen atoms in total. The van der Waals surface area contributed by atoms with E-state index in [2.05, 4.69) is 11.9 Å². The highest BCUT2D eigenvalue weighted by Gasteiger charge is 2.32. The van der Waals surface area contributed by atoms with Crippen LogP contribution in [0.25, 0.3) is 0 Å². The fourth-order valence-electron chi connectivity index (χ4n) is 1.95. The minimum absolute atomic E-state index is 0.241. The number of rotatable bonds is 2. The second-order valence-corrected chi connectivity index (χ2v) is 5.69. The predicted molar refractivity (Wildman–Crippen MR) is 66.0 cm³/mol. The van der Waals surface area contributed by atoms with Crippen LogP contribution in [-0.2, 0) is 6.54 Å². The van der Waals surface area contributed by atoms with Crippen LogP contribution in [0, 0.1) is 8.99 Å². The van der Waals surface area contributed by atoms with Crippen LogP contribution in [0.1, 0.15) is 26.2 Å². The first-order valence-electron chi connectivity index (χ1n) is 4.99. The van der Waals surface area contributed by atoms with Crippen LogP contribution in [0.15, 0.2) is 15.8 Å². The van der Waals surface area contributed by atoms with Crippen molar-refractivity contribution in [1.29, 1.82) is 0 Å². The van der Waals surface area contributed by atoms with E-state index in [4.69, 9.17) is 0 Å². The first kappa shape index (κ1) is 10.9. The highest BCUT2D eigenvalue weighted by molar-refractivity contribution is 14.1. The van der Waals surface area contributed by atoms with Crippen LogP contribution >= 0.6 is 22.6 Å². The standard InChI is InChI=1S/C10H13IN2O2/c1-10(3-2-4-10)6-13-5-7(11)8(14)12-9(13)15/h5H,2-4,6H2,1H3,(H,12,14,15). The van der Waals surface area contributed by atoms with Crippen molar-refractivity contribution in [2.45, 2.75) is 32.7 Å². The Morgan fingerprint density at radius 3 is 2.73 bits per heavy atom. The highest BCUT2D eigenvalue weighted by Crippen LogP contribution is 2.41. The summed E-state index contributed by atoms with van der Waals surface area (Å²) >= 11 is 1.94. The normalized spacial score (nSPS) is 18.5. The summed E-state index contributed by atoms with van der Waals surface area (Å²) in [4.78, 5) is 25.0. The van der Waals surface area contributed by atoms with E-state index < -0.39 is 0 Å². The van der Waals surface area contributed by atoms with E-state index in [-0.39, 0.29) is 16.7 Å². The molecule has 1 aromatic rings. The van der Waals surface area contributed by atoms with E-state index >= 15 is 0 Å². The Kier molecular flexibility index (Phi) is 2.74. The van der Waals surface area contributed by atoms with E-state index in [1.807, 2.05) is 22.6 Å². The maximum absolute atomic E-state index is 11.5. The largest absolute Gasteiger partial charge is 0.328 e. The highest BCUT2D eigenvalue weighted by atomic mass is 127. The number of nitrogens with one attached hydrogen (secondary N) is 1. The second-order valence-electron chi connectivity index (χ2n) is 4.53. The van der Waals surface area contributed by atoms with Gasteiger partial charge in [-0.15, -0.1) is 0 Å². The summed E-state index contributed by atoms with van der Waals surface area (Å²) in [7, 11) is 0. The molecule has 0 radical (unpaired) electrons. The van der Waals surface area contributed by atoms with Crippen molar-refractivity contribution in [3.63, 3.8) is 0 Å². The maximum Gasteiger partial charge on any atom is 0.328 e. The van der Waals surface area contributed by atoms with Crippen molar-refractivity contribution in [2.24, 2.45) is 5.41 Å². The summed E-state index contributed by atoms with van der Waals surface area (Å²) in [6, 6.07) is 0. The van der Waals surface area contributed by atoms with Gasteiger partial charge in [-0.1, -0.05) is 13.3 Å². The van der Waals surface area contributed by atoms with Crippen LogP contribution in [0.4, 0.5) is 0 Å². The molecule has 0 bridgehead atoms. The molecule has 1 fully saturated rings. The third-order valence-corrected chi connectivity index (χ3v) is 3.85. The van der Waals surface area contributed by atoms with Gasteiger partial charge in [-0.25, -0.2) is 4.79 Å². The molecule has 1 saturated carbocycles. The lowest BCUT2D eigenvalue weighted by molar-refractivity contribution is 0.129. The van der Waals surface area contributed by atoms with Gasteiger partial charge in [-0.3, -0.25) is 14.3 Å². The number of H-pyrrole nitrogens is 1. The summed E-state index contributed by atoms with van der Waals surface area (Å²) in [5, 5.41) is 0. The lowest BCUT2D eigenvalue weighted by Gasteiger charge is -2.38. The summed E-state index contributed by atoms with van der Waals surface area (Å²) in [6.07, 6.45) is 5.21. The van der Waals surface area contributed by atoms with Gasteiger partial charge < -0.3 is 0 Å². The number of nitrogens with zero attached hydrogens (tertiary/aromatic N) is 1. The molecule has 82 valence electrons. The molecular formula is C10H13IN2O2. The van der Waals surface area contributed by atoms with E-state index in [0.29, 0.717) is 10.1 Å². The van der Waals surface area contributed by atoms with Crippen molar-refractivity contribution in [2.75, 3.05) is 0 Å². The molecule has 15 heavy (non-hydrogen) atoms. The van der Waals surface area contributed by atoms with Crippen molar-refractivity contribution >= 4 is 22.6 Å². The summed E-state index contributed by atoms with van der Waals surface area (Å²) in [6.45, 7) is 2.89. The van der Waals surface area contributed by atoms with Crippen molar-refractivity contribution in [3.05, 3.63) is 30.6 Å². The summed E-state index contributed by atoms with van der Waals surface area (Å²) < 4.78 is 2.18. The number of halogens is 1. The molecule has 0 saturated heterocycles. The number of hydrogen-bond donors (Lipinski definition) is 1. The van der Waals surface area contributed by atoms with Crippen LogP contribution in [-0.4, -0.2) is 9.55 Å². The molecule has 0 atom stereocenters. The zero-order chi connectivity index (χ0) is 11.1. The van der Waals surface area contributed by atoms with E-state index in [9.17, 15) is 9.59 Å². The van der Waals surface area contributed by atoms with Gasteiger partial charge in [0.05, 0.1) is 3.57 Å². The van der Waals surface area contributed by atoms with Gasteiger partial charge in [-0.2, -0.15) is 0 Å². The van der Waals surface area contributed by atoms with Gasteiger partial charge in [0.2, 0.25) is 0 Å². The Morgan fingerprint density at radius 2 is 2.20 bits per heavy atom. The summed E-state index contributed by atoms with van der Waals surface area (Å²) in [5.74, 6) is 0. The molecule has 0 aliphatic heterocycles. The lowest BCUT2D eigenvalue weighted by Crippen LogP contribution is -2.38. The van der Waals surface area contributed by atoms with Gasteiger partial charge in [0.1, 0.15) is 0 Å². The molecule has 0 aromatic carbocycles. The third kappa shape index (κ3) is 2.16. The Bertz CT molecular complexity index is 485. The molecule has 1 aliphatic rings. The molecule has 1 aliphatic carbocycles. The van der Waals surface area contributed by atoms with Crippen molar-refractivity contribution in [3.8, 4) is 0 Å². The smallest absolute Gasteiger partial charge is 0.299 e. The molecule has 0 unspecified atom stereocenters. The molecule has 0 amide bonds. The molecule has 1 N–H and O–H groups in total. The Labute approximate surface area is 101 Å². The third-order valence-electron chi connectivity index (χ3n) is 3.08. The summed E-state index contributed by atoms with van der Waals surface area (Å²) in [5.41, 5.74) is -0.352. The van der Waals surface area contributed by atoms with Crippen LogP contribution in [0.3, 0.4) is 0 Å². The van der Waals surface area contributed by atoms with E-state index in [1.165, 1.54) is 6.42 Å². The molecule has 0 spiro atoms. The molecule has 2 rings (SSSR count). The van der Waals surface area contributed by atoms with Gasteiger partial charge in [0.25, 0.3) is 5.56 Å². The van der Waals surface area contributed by atoms with E-state index in [1.54, 1.807) is 10.8 Å². The zero-order valence-corrected chi connectivity index (χ0v) is 10.7. The predicted octanol–water partition coefficient (Wildman–Crippen LogP) is 1.33. The zero-order valence-electron chi connectivity index (χ0n) is 8.55. The second kappa shape index (κ2) is 3.77. The van der Waals surface area contributed by atoms with Crippen molar-refractivity contribution in [1.82, 2.24) is 9.55 Å². The van der Waals surface area contributed by atoms with E-state index in [0.717, 1.165) is 12.8 Å². The fourth-order valence-corrected chi connectivity index (χ4v) is 2.42. The van der Waals surface area contributed by atoms with Crippen LogP contribution in [0.5, 0.6) is 0 Å². The van der Waals surface area contributed by atoms with Gasteiger partial charge >= 0.3 is 5.69 Å². The number of aromatic amines is 1. The Balaban J connectivity index is 2.32. The first-order chi connectivity index (χ1) is 7.00. The monoisotopic (exact) mass is 320 g/mol. The van der Waals surface area contributed by atoms with Crippen LogP contribution in [0.2, 0.25) is 0 Å². The Hall–Kier alpha value is -0.590. The molecule has 1 aromatic heterocycles. The van der Waals surface area contributed by atoms with Gasteiger partial charge in [-0.05, 0) is 40.8 Å². The fraction of sp³-hybridized carbons (Fsp3) is 0.600. The first-order valence-corrected chi connectivity index (χ1v) is 6.07. The Morgan fingerprint density at radius 1 is 1.53 bits per heavy atom.